The molecule has 2 rings (SSSR count). The Balaban J connectivity index is 1.86. The lowest BCUT2D eigenvalue weighted by molar-refractivity contribution is -0.117. The predicted octanol–water partition coefficient (Wildman–Crippen LogP) is 2.92. The maximum atomic E-state index is 11.6. The monoisotopic (exact) mass is 229 g/mol. The van der Waals surface area contributed by atoms with Gasteiger partial charge in [0.05, 0.1) is 0 Å². The molecule has 90 valence electrons. The van der Waals surface area contributed by atoms with Crippen LogP contribution in [0.25, 0.3) is 6.08 Å². The molecule has 1 unspecified atom stereocenters. The Morgan fingerprint density at radius 2 is 2.00 bits per heavy atom. The second-order valence-electron chi connectivity index (χ2n) is 4.88. The van der Waals surface area contributed by atoms with E-state index in [2.05, 4.69) is 19.2 Å². The van der Waals surface area contributed by atoms with Gasteiger partial charge >= 0.3 is 0 Å². The van der Waals surface area contributed by atoms with E-state index in [-0.39, 0.29) is 5.91 Å². The fourth-order valence-corrected chi connectivity index (χ4v) is 1.84. The molecule has 1 N–H and O–H groups in total. The highest BCUT2D eigenvalue weighted by molar-refractivity contribution is 5.91. The van der Waals surface area contributed by atoms with Gasteiger partial charge in [-0.25, -0.2) is 0 Å². The van der Waals surface area contributed by atoms with Crippen LogP contribution in [0.15, 0.2) is 30.3 Å². The van der Waals surface area contributed by atoms with Crippen LogP contribution in [0.1, 0.15) is 30.9 Å². The number of amides is 1. The van der Waals surface area contributed by atoms with Gasteiger partial charge in [-0.1, -0.05) is 29.8 Å². The summed E-state index contributed by atoms with van der Waals surface area (Å²) in [6.45, 7) is 4.13. The molecule has 0 aliphatic heterocycles. The van der Waals surface area contributed by atoms with Gasteiger partial charge < -0.3 is 5.32 Å². The molecule has 1 amide bonds. The van der Waals surface area contributed by atoms with Gasteiger partial charge in [0.25, 0.3) is 0 Å². The molecule has 1 aromatic carbocycles. The molecule has 0 saturated heterocycles. The van der Waals surface area contributed by atoms with Crippen LogP contribution < -0.4 is 5.32 Å². The summed E-state index contributed by atoms with van der Waals surface area (Å²) in [5.41, 5.74) is 2.29. The second-order valence-corrected chi connectivity index (χ2v) is 4.88. The predicted molar refractivity (Wildman–Crippen MR) is 70.5 cm³/mol. The Kier molecular flexibility index (Phi) is 3.62. The summed E-state index contributed by atoms with van der Waals surface area (Å²) in [4.78, 5) is 11.6. The SMILES string of the molecule is Cc1ccc(/C=C/C(=O)NC(C)C2CC2)cc1. The van der Waals surface area contributed by atoms with Gasteiger partial charge in [0, 0.05) is 12.1 Å². The van der Waals surface area contributed by atoms with Gasteiger partial charge in [-0.15, -0.1) is 0 Å². The van der Waals surface area contributed by atoms with Crippen molar-refractivity contribution in [1.29, 1.82) is 0 Å². The standard InChI is InChI=1S/C15H19NO/c1-11-3-5-13(6-4-11)7-10-15(17)16-12(2)14-8-9-14/h3-7,10,12,14H,8-9H2,1-2H3,(H,16,17)/b10-7+. The molecule has 17 heavy (non-hydrogen) atoms. The number of carbonyl (C=O) groups excluding carboxylic acids is 1. The minimum atomic E-state index is 0.00461. The molecule has 1 fully saturated rings. The Morgan fingerprint density at radius 3 is 2.59 bits per heavy atom. The van der Waals surface area contributed by atoms with E-state index in [0.29, 0.717) is 12.0 Å². The van der Waals surface area contributed by atoms with Crippen molar-refractivity contribution in [3.05, 3.63) is 41.5 Å². The number of rotatable bonds is 4. The van der Waals surface area contributed by atoms with Crippen molar-refractivity contribution in [3.8, 4) is 0 Å². The summed E-state index contributed by atoms with van der Waals surface area (Å²) in [6, 6.07) is 8.44. The molecule has 0 radical (unpaired) electrons. The lowest BCUT2D eigenvalue weighted by atomic mass is 10.1. The van der Waals surface area contributed by atoms with E-state index in [0.717, 1.165) is 5.56 Å². The van der Waals surface area contributed by atoms with E-state index in [1.807, 2.05) is 30.3 Å². The van der Waals surface area contributed by atoms with Gasteiger partial charge in [-0.3, -0.25) is 4.79 Å². The largest absolute Gasteiger partial charge is 0.350 e. The first-order valence-corrected chi connectivity index (χ1v) is 6.20. The molecule has 1 atom stereocenters. The van der Waals surface area contributed by atoms with Crippen LogP contribution in [-0.4, -0.2) is 11.9 Å². The zero-order chi connectivity index (χ0) is 12.3. The normalized spacial score (nSPS) is 17.1. The summed E-state index contributed by atoms with van der Waals surface area (Å²) in [5, 5.41) is 3.00. The van der Waals surface area contributed by atoms with E-state index < -0.39 is 0 Å². The van der Waals surface area contributed by atoms with Gasteiger partial charge in [0.15, 0.2) is 0 Å². The average molecular weight is 229 g/mol. The summed E-state index contributed by atoms with van der Waals surface area (Å²) in [5.74, 6) is 0.705. The van der Waals surface area contributed by atoms with Gasteiger partial charge in [0.1, 0.15) is 0 Å². The number of benzene rings is 1. The van der Waals surface area contributed by atoms with Gasteiger partial charge in [-0.2, -0.15) is 0 Å². The Labute approximate surface area is 103 Å². The molecule has 2 heteroatoms. The maximum absolute atomic E-state index is 11.6. The zero-order valence-electron chi connectivity index (χ0n) is 10.4. The third kappa shape index (κ3) is 3.74. The van der Waals surface area contributed by atoms with Crippen molar-refractivity contribution in [3.63, 3.8) is 0 Å². The van der Waals surface area contributed by atoms with Crippen molar-refractivity contribution in [2.24, 2.45) is 5.92 Å². The first-order chi connectivity index (χ1) is 8.15. The van der Waals surface area contributed by atoms with Crippen LogP contribution in [0.5, 0.6) is 0 Å². The number of hydrogen-bond donors (Lipinski definition) is 1. The van der Waals surface area contributed by atoms with Crippen molar-refractivity contribution in [2.45, 2.75) is 32.7 Å². The van der Waals surface area contributed by atoms with E-state index in [9.17, 15) is 4.79 Å². The minimum absolute atomic E-state index is 0.00461. The number of aryl methyl sites for hydroxylation is 1. The smallest absolute Gasteiger partial charge is 0.244 e. The highest BCUT2D eigenvalue weighted by Gasteiger charge is 2.28. The molecule has 1 aliphatic carbocycles. The third-order valence-electron chi connectivity index (χ3n) is 3.20. The van der Waals surface area contributed by atoms with E-state index in [4.69, 9.17) is 0 Å². The lowest BCUT2D eigenvalue weighted by Gasteiger charge is -2.10. The molecule has 2 nitrogen and oxygen atoms in total. The van der Waals surface area contributed by atoms with Gasteiger partial charge in [0.2, 0.25) is 5.91 Å². The molecule has 0 spiro atoms. The second kappa shape index (κ2) is 5.17. The number of hydrogen-bond acceptors (Lipinski definition) is 1. The van der Waals surface area contributed by atoms with E-state index >= 15 is 0 Å². The van der Waals surface area contributed by atoms with Crippen LogP contribution in [-0.2, 0) is 4.79 Å². The van der Waals surface area contributed by atoms with Crippen molar-refractivity contribution >= 4 is 12.0 Å². The molecule has 1 aliphatic rings. The summed E-state index contributed by atoms with van der Waals surface area (Å²) < 4.78 is 0. The van der Waals surface area contributed by atoms with Crippen molar-refractivity contribution in [1.82, 2.24) is 5.32 Å². The Morgan fingerprint density at radius 1 is 1.35 bits per heavy atom. The topological polar surface area (TPSA) is 29.1 Å². The number of carbonyl (C=O) groups is 1. The van der Waals surface area contributed by atoms with Crippen molar-refractivity contribution in [2.75, 3.05) is 0 Å². The zero-order valence-corrected chi connectivity index (χ0v) is 10.4. The Hall–Kier alpha value is -1.57. The minimum Gasteiger partial charge on any atom is -0.350 e. The summed E-state index contributed by atoms with van der Waals surface area (Å²) in [7, 11) is 0. The van der Waals surface area contributed by atoms with Crippen LogP contribution in [0, 0.1) is 12.8 Å². The molecule has 0 aromatic heterocycles. The van der Waals surface area contributed by atoms with Crippen molar-refractivity contribution < 1.29 is 4.79 Å². The summed E-state index contributed by atoms with van der Waals surface area (Å²) >= 11 is 0. The molecular formula is C15H19NO. The first-order valence-electron chi connectivity index (χ1n) is 6.20. The van der Waals surface area contributed by atoms with Crippen LogP contribution in [0.3, 0.4) is 0 Å². The van der Waals surface area contributed by atoms with Crippen LogP contribution in [0.2, 0.25) is 0 Å². The maximum Gasteiger partial charge on any atom is 0.244 e. The molecular weight excluding hydrogens is 210 g/mol. The highest BCUT2D eigenvalue weighted by atomic mass is 16.1. The molecule has 1 saturated carbocycles. The van der Waals surface area contributed by atoms with Crippen LogP contribution >= 0.6 is 0 Å². The number of nitrogens with one attached hydrogen (secondary N) is 1. The lowest BCUT2D eigenvalue weighted by Crippen LogP contribution is -2.32. The first kappa shape index (κ1) is 11.9. The quantitative estimate of drug-likeness (QED) is 0.790. The molecule has 0 heterocycles. The molecule has 1 aromatic rings. The Bertz CT molecular complexity index is 415. The fourth-order valence-electron chi connectivity index (χ4n) is 1.84. The average Bonchev–Trinajstić information content (AvgIpc) is 3.12. The summed E-state index contributed by atoms with van der Waals surface area (Å²) in [6.07, 6.45) is 5.98. The third-order valence-corrected chi connectivity index (χ3v) is 3.20. The highest BCUT2D eigenvalue weighted by Crippen LogP contribution is 2.32. The molecule has 0 bridgehead atoms. The van der Waals surface area contributed by atoms with Gasteiger partial charge in [-0.05, 0) is 44.2 Å². The van der Waals surface area contributed by atoms with Crippen LogP contribution in [0.4, 0.5) is 0 Å². The van der Waals surface area contributed by atoms with E-state index in [1.54, 1.807) is 6.08 Å². The fraction of sp³-hybridized carbons (Fsp3) is 0.400. The van der Waals surface area contributed by atoms with E-state index in [1.165, 1.54) is 18.4 Å².